The first-order chi connectivity index (χ1) is 15.2. The Morgan fingerprint density at radius 2 is 1.66 bits per heavy atom. The summed E-state index contributed by atoms with van der Waals surface area (Å²) in [5.41, 5.74) is -0.500. The molecule has 0 unspecified atom stereocenters. The number of phenols is 2. The number of benzene rings is 2. The van der Waals surface area contributed by atoms with Gasteiger partial charge in [0.1, 0.15) is 46.5 Å². The van der Waals surface area contributed by atoms with Crippen molar-refractivity contribution in [3.05, 3.63) is 46.6 Å². The van der Waals surface area contributed by atoms with Gasteiger partial charge < -0.3 is 44.2 Å². The fraction of sp³-hybridized carbons (Fsp3) is 0.318. The van der Waals surface area contributed by atoms with Crippen molar-refractivity contribution in [3.8, 4) is 34.3 Å². The summed E-state index contributed by atoms with van der Waals surface area (Å²) in [5.74, 6) is -0.771. The van der Waals surface area contributed by atoms with Gasteiger partial charge in [0.05, 0.1) is 13.2 Å². The molecule has 1 saturated heterocycles. The van der Waals surface area contributed by atoms with E-state index in [-0.39, 0.29) is 22.5 Å². The summed E-state index contributed by atoms with van der Waals surface area (Å²) in [6, 6.07) is 8.58. The number of aromatic hydroxyl groups is 2. The lowest BCUT2D eigenvalue weighted by molar-refractivity contribution is -0.268. The van der Waals surface area contributed by atoms with Crippen LogP contribution < -0.4 is 14.9 Å². The second-order valence-corrected chi connectivity index (χ2v) is 7.46. The molecule has 3 aromatic rings. The molecule has 2 aromatic carbocycles. The highest BCUT2D eigenvalue weighted by atomic mass is 16.7. The van der Waals surface area contributed by atoms with Crippen molar-refractivity contribution in [1.29, 1.82) is 0 Å². The van der Waals surface area contributed by atoms with Crippen LogP contribution in [0.15, 0.2) is 45.6 Å². The molecular formula is C22H22O10. The lowest BCUT2D eigenvalue weighted by atomic mass is 10.00. The van der Waals surface area contributed by atoms with Gasteiger partial charge >= 0.3 is 0 Å². The van der Waals surface area contributed by atoms with Gasteiger partial charge in [0.25, 0.3) is 0 Å². The summed E-state index contributed by atoms with van der Waals surface area (Å²) in [7, 11) is 1.49. The Hall–Kier alpha value is -3.31. The maximum atomic E-state index is 13.3. The molecule has 1 aliphatic rings. The van der Waals surface area contributed by atoms with E-state index in [1.165, 1.54) is 20.1 Å². The number of aliphatic hydroxyl groups is 3. The van der Waals surface area contributed by atoms with Crippen LogP contribution >= 0.6 is 0 Å². The van der Waals surface area contributed by atoms with Gasteiger partial charge in [-0.2, -0.15) is 0 Å². The summed E-state index contributed by atoms with van der Waals surface area (Å²) in [4.78, 5) is 13.3. The number of methoxy groups -OCH3 is 1. The summed E-state index contributed by atoms with van der Waals surface area (Å²) < 4.78 is 22.1. The molecule has 0 bridgehead atoms. The van der Waals surface area contributed by atoms with E-state index >= 15 is 0 Å². The van der Waals surface area contributed by atoms with Crippen molar-refractivity contribution < 1.29 is 44.2 Å². The van der Waals surface area contributed by atoms with E-state index in [1.54, 1.807) is 24.3 Å². The van der Waals surface area contributed by atoms with E-state index in [0.717, 1.165) is 6.07 Å². The number of aliphatic hydroxyl groups excluding tert-OH is 3. The van der Waals surface area contributed by atoms with Gasteiger partial charge in [0.15, 0.2) is 5.76 Å². The van der Waals surface area contributed by atoms with Crippen LogP contribution in [0.2, 0.25) is 0 Å². The predicted octanol–water partition coefficient (Wildman–Crippen LogP) is 1.09. The normalized spacial score (nSPS) is 25.6. The number of fused-ring (bicyclic) bond motifs is 1. The molecule has 10 heteroatoms. The quantitative estimate of drug-likeness (QED) is 0.393. The summed E-state index contributed by atoms with van der Waals surface area (Å²) in [6.07, 6.45) is -7.02. The van der Waals surface area contributed by atoms with E-state index in [2.05, 4.69) is 0 Å². The molecule has 5 atom stereocenters. The molecule has 170 valence electrons. The monoisotopic (exact) mass is 446 g/mol. The van der Waals surface area contributed by atoms with Crippen LogP contribution in [-0.2, 0) is 4.74 Å². The summed E-state index contributed by atoms with van der Waals surface area (Å²) in [5, 5.41) is 50.1. The van der Waals surface area contributed by atoms with Gasteiger partial charge in [-0.3, -0.25) is 4.79 Å². The minimum atomic E-state index is -1.67. The van der Waals surface area contributed by atoms with Crippen molar-refractivity contribution in [2.45, 2.75) is 37.6 Å². The van der Waals surface area contributed by atoms with E-state index in [0.29, 0.717) is 11.3 Å². The van der Waals surface area contributed by atoms with Crippen LogP contribution in [0.25, 0.3) is 22.3 Å². The number of phenolic OH excluding ortho intramolecular Hbond substituents is 2. The molecule has 5 N–H and O–H groups in total. The smallest absolute Gasteiger partial charge is 0.239 e. The van der Waals surface area contributed by atoms with Crippen LogP contribution in [0.3, 0.4) is 0 Å². The van der Waals surface area contributed by atoms with Crippen LogP contribution in [-0.4, -0.2) is 63.3 Å². The molecule has 0 saturated carbocycles. The molecule has 1 aromatic heterocycles. The first-order valence-corrected chi connectivity index (χ1v) is 9.74. The molecule has 32 heavy (non-hydrogen) atoms. The van der Waals surface area contributed by atoms with Crippen LogP contribution in [0.4, 0.5) is 0 Å². The zero-order valence-corrected chi connectivity index (χ0v) is 17.1. The van der Waals surface area contributed by atoms with Crippen LogP contribution in [0.1, 0.15) is 6.92 Å². The average Bonchev–Trinajstić information content (AvgIpc) is 2.77. The Kier molecular flexibility index (Phi) is 5.70. The molecule has 4 rings (SSSR count). The van der Waals surface area contributed by atoms with Crippen LogP contribution in [0, 0.1) is 0 Å². The Bertz CT molecular complexity index is 1190. The lowest BCUT2D eigenvalue weighted by Gasteiger charge is -2.38. The van der Waals surface area contributed by atoms with Crippen molar-refractivity contribution in [2.75, 3.05) is 7.11 Å². The molecular weight excluding hydrogens is 424 g/mol. The first-order valence-electron chi connectivity index (χ1n) is 9.74. The second-order valence-electron chi connectivity index (χ2n) is 7.46. The largest absolute Gasteiger partial charge is 0.508 e. The molecule has 1 aliphatic heterocycles. The van der Waals surface area contributed by atoms with Gasteiger partial charge in [-0.15, -0.1) is 0 Å². The maximum Gasteiger partial charge on any atom is 0.239 e. The highest BCUT2D eigenvalue weighted by molar-refractivity contribution is 5.88. The average molecular weight is 446 g/mol. The highest BCUT2D eigenvalue weighted by Crippen LogP contribution is 2.37. The predicted molar refractivity (Wildman–Crippen MR) is 111 cm³/mol. The van der Waals surface area contributed by atoms with Gasteiger partial charge in [-0.25, -0.2) is 0 Å². The lowest BCUT2D eigenvalue weighted by Crippen LogP contribution is -2.58. The van der Waals surface area contributed by atoms with Crippen molar-refractivity contribution >= 4 is 11.0 Å². The molecule has 0 aliphatic carbocycles. The Morgan fingerprint density at radius 3 is 2.31 bits per heavy atom. The fourth-order valence-electron chi connectivity index (χ4n) is 3.53. The Morgan fingerprint density at radius 1 is 0.969 bits per heavy atom. The SMILES string of the molecule is COc1ccc(-c2oc3cc(O)cc(O)c3c(=O)c2O[C@@H]2O[C@@H](C)[C@H](O)[C@@H](O)[C@H]2O)cc1. The Balaban J connectivity index is 1.89. The minimum Gasteiger partial charge on any atom is -0.508 e. The minimum absolute atomic E-state index is 0.0702. The van der Waals surface area contributed by atoms with Gasteiger partial charge in [0, 0.05) is 17.7 Å². The van der Waals surface area contributed by atoms with Gasteiger partial charge in [-0.05, 0) is 31.2 Å². The standard InChI is InChI=1S/C22H22O10/c1-9-16(25)18(27)19(28)22(30-9)32-21-17(26)15-13(24)7-11(23)8-14(15)31-20(21)10-3-5-12(29-2)6-4-10/h3-9,16,18-19,22-25,27-28H,1-2H3/t9-,16-,18+,19+,22-/m0/s1. The Labute approximate surface area is 181 Å². The first kappa shape index (κ1) is 21.9. The number of rotatable bonds is 4. The van der Waals surface area contributed by atoms with Crippen molar-refractivity contribution in [1.82, 2.24) is 0 Å². The third-order valence-corrected chi connectivity index (χ3v) is 5.31. The topological polar surface area (TPSA) is 159 Å². The molecule has 0 radical (unpaired) electrons. The summed E-state index contributed by atoms with van der Waals surface area (Å²) >= 11 is 0. The number of hydrogen-bond donors (Lipinski definition) is 5. The highest BCUT2D eigenvalue weighted by Gasteiger charge is 2.44. The fourth-order valence-corrected chi connectivity index (χ4v) is 3.53. The van der Waals surface area contributed by atoms with E-state index in [4.69, 9.17) is 18.6 Å². The van der Waals surface area contributed by atoms with Gasteiger partial charge in [0.2, 0.25) is 17.5 Å². The molecule has 2 heterocycles. The van der Waals surface area contributed by atoms with E-state index in [1.807, 2.05) is 0 Å². The number of ether oxygens (including phenoxy) is 3. The van der Waals surface area contributed by atoms with E-state index < -0.39 is 47.6 Å². The van der Waals surface area contributed by atoms with E-state index in [9.17, 15) is 30.3 Å². The van der Waals surface area contributed by atoms with Crippen LogP contribution in [0.5, 0.6) is 23.0 Å². The molecule has 1 fully saturated rings. The van der Waals surface area contributed by atoms with Crippen molar-refractivity contribution in [3.63, 3.8) is 0 Å². The van der Waals surface area contributed by atoms with Gasteiger partial charge in [-0.1, -0.05) is 0 Å². The zero-order valence-electron chi connectivity index (χ0n) is 17.1. The molecule has 0 amide bonds. The second kappa shape index (κ2) is 8.32. The maximum absolute atomic E-state index is 13.3. The number of hydrogen-bond acceptors (Lipinski definition) is 10. The van der Waals surface area contributed by atoms with Crippen molar-refractivity contribution in [2.24, 2.45) is 0 Å². The molecule has 0 spiro atoms. The summed E-state index contributed by atoms with van der Waals surface area (Å²) in [6.45, 7) is 1.47. The molecule has 10 nitrogen and oxygen atoms in total. The third kappa shape index (κ3) is 3.73. The third-order valence-electron chi connectivity index (χ3n) is 5.31. The zero-order chi connectivity index (χ0) is 23.2.